The van der Waals surface area contributed by atoms with Crippen LogP contribution in [-0.4, -0.2) is 26.6 Å². The number of aromatic amines is 1. The van der Waals surface area contributed by atoms with Crippen LogP contribution in [0.1, 0.15) is 49.4 Å². The summed E-state index contributed by atoms with van der Waals surface area (Å²) in [4.78, 5) is 7.15. The Balaban J connectivity index is 1.76. The second kappa shape index (κ2) is 6.18. The summed E-state index contributed by atoms with van der Waals surface area (Å²) in [6.45, 7) is 4.23. The molecule has 0 bridgehead atoms. The molecule has 1 atom stereocenters. The minimum atomic E-state index is 0.362. The lowest BCUT2D eigenvalue weighted by atomic mass is 10.0. The Bertz CT molecular complexity index is 534. The van der Waals surface area contributed by atoms with E-state index in [9.17, 15) is 0 Å². The van der Waals surface area contributed by atoms with E-state index >= 15 is 0 Å². The third-order valence-corrected chi connectivity index (χ3v) is 4.02. The van der Waals surface area contributed by atoms with Gasteiger partial charge in [-0.3, -0.25) is 10.00 Å². The number of rotatable bonds is 4. The minimum Gasteiger partial charge on any atom is -0.289 e. The van der Waals surface area contributed by atoms with Gasteiger partial charge in [0.2, 0.25) is 0 Å². The van der Waals surface area contributed by atoms with E-state index in [0.717, 1.165) is 37.6 Å². The molecule has 106 valence electrons. The van der Waals surface area contributed by atoms with Crippen molar-refractivity contribution >= 4 is 0 Å². The zero-order chi connectivity index (χ0) is 13.8. The maximum atomic E-state index is 4.64. The van der Waals surface area contributed by atoms with Crippen LogP contribution in [-0.2, 0) is 13.0 Å². The van der Waals surface area contributed by atoms with Crippen LogP contribution in [0.4, 0.5) is 0 Å². The van der Waals surface area contributed by atoms with Gasteiger partial charge in [-0.15, -0.1) is 0 Å². The molecule has 0 unspecified atom stereocenters. The number of benzene rings is 1. The molecular weight excluding hydrogens is 248 g/mol. The summed E-state index contributed by atoms with van der Waals surface area (Å²) in [7, 11) is 0. The molecular formula is C16H22N4. The Kier molecular flexibility index (Phi) is 4.11. The highest BCUT2D eigenvalue weighted by molar-refractivity contribution is 5.15. The van der Waals surface area contributed by atoms with Crippen LogP contribution in [0.2, 0.25) is 0 Å². The maximum absolute atomic E-state index is 4.64. The predicted molar refractivity (Wildman–Crippen MR) is 79.2 cm³/mol. The van der Waals surface area contributed by atoms with E-state index in [1.807, 2.05) is 0 Å². The smallest absolute Gasteiger partial charge is 0.167 e. The van der Waals surface area contributed by atoms with Gasteiger partial charge in [0.25, 0.3) is 0 Å². The molecule has 4 nitrogen and oxygen atoms in total. The van der Waals surface area contributed by atoms with E-state index in [0.29, 0.717) is 6.04 Å². The number of aromatic nitrogens is 3. The molecule has 1 saturated heterocycles. The normalized spacial score (nSPS) is 20.1. The first kappa shape index (κ1) is 13.3. The van der Waals surface area contributed by atoms with Crippen molar-refractivity contribution in [2.24, 2.45) is 0 Å². The van der Waals surface area contributed by atoms with E-state index in [4.69, 9.17) is 0 Å². The third-order valence-electron chi connectivity index (χ3n) is 4.02. The summed E-state index contributed by atoms with van der Waals surface area (Å²) < 4.78 is 0. The van der Waals surface area contributed by atoms with E-state index in [-0.39, 0.29) is 0 Å². The van der Waals surface area contributed by atoms with Gasteiger partial charge in [0, 0.05) is 13.0 Å². The van der Waals surface area contributed by atoms with Crippen molar-refractivity contribution in [2.75, 3.05) is 6.54 Å². The van der Waals surface area contributed by atoms with Gasteiger partial charge < -0.3 is 0 Å². The molecule has 1 aromatic heterocycles. The number of hydrogen-bond acceptors (Lipinski definition) is 3. The molecule has 1 aliphatic heterocycles. The van der Waals surface area contributed by atoms with E-state index in [1.165, 1.54) is 18.4 Å². The minimum absolute atomic E-state index is 0.362. The Hall–Kier alpha value is -1.68. The van der Waals surface area contributed by atoms with Crippen molar-refractivity contribution < 1.29 is 0 Å². The van der Waals surface area contributed by atoms with Crippen LogP contribution in [0.3, 0.4) is 0 Å². The Morgan fingerprint density at radius 2 is 2.10 bits per heavy atom. The van der Waals surface area contributed by atoms with Crippen molar-refractivity contribution in [3.05, 3.63) is 47.5 Å². The number of piperidine rings is 1. The van der Waals surface area contributed by atoms with Gasteiger partial charge >= 0.3 is 0 Å². The van der Waals surface area contributed by atoms with Crippen molar-refractivity contribution in [3.63, 3.8) is 0 Å². The van der Waals surface area contributed by atoms with Crippen LogP contribution in [0.5, 0.6) is 0 Å². The Labute approximate surface area is 120 Å². The number of likely N-dealkylation sites (tertiary alicyclic amines) is 1. The molecule has 1 aliphatic rings. The molecule has 1 aromatic carbocycles. The van der Waals surface area contributed by atoms with Gasteiger partial charge in [-0.05, 0) is 24.9 Å². The molecule has 1 N–H and O–H groups in total. The molecule has 0 aliphatic carbocycles. The number of nitrogens with zero attached hydrogens (tertiary/aromatic N) is 3. The molecule has 0 amide bonds. The molecule has 2 aromatic rings. The van der Waals surface area contributed by atoms with Gasteiger partial charge in [0.05, 0.1) is 6.04 Å². The molecule has 4 heteroatoms. The van der Waals surface area contributed by atoms with Crippen LogP contribution in [0.25, 0.3) is 0 Å². The van der Waals surface area contributed by atoms with Crippen LogP contribution >= 0.6 is 0 Å². The van der Waals surface area contributed by atoms with Crippen molar-refractivity contribution in [2.45, 2.75) is 45.2 Å². The summed E-state index contributed by atoms with van der Waals surface area (Å²) in [6.07, 6.45) is 4.62. The lowest BCUT2D eigenvalue weighted by molar-refractivity contribution is 0.134. The standard InChI is InChI=1S/C16H22N4/c1-2-15-17-16(19-18-15)14-10-6-7-11-20(14)12-13-8-4-3-5-9-13/h3-5,8-9,14H,2,6-7,10-12H2,1H3,(H,17,18,19)/t14-/m1/s1. The molecule has 0 saturated carbocycles. The quantitative estimate of drug-likeness (QED) is 0.928. The van der Waals surface area contributed by atoms with Gasteiger partial charge in [-0.1, -0.05) is 43.7 Å². The molecule has 20 heavy (non-hydrogen) atoms. The summed E-state index contributed by atoms with van der Waals surface area (Å²) in [5.74, 6) is 1.96. The molecule has 2 heterocycles. The monoisotopic (exact) mass is 270 g/mol. The largest absolute Gasteiger partial charge is 0.289 e. The second-order valence-electron chi connectivity index (χ2n) is 5.46. The third kappa shape index (κ3) is 2.90. The van der Waals surface area contributed by atoms with Crippen LogP contribution in [0.15, 0.2) is 30.3 Å². The van der Waals surface area contributed by atoms with E-state index in [2.05, 4.69) is 57.3 Å². The summed E-state index contributed by atoms with van der Waals surface area (Å²) in [5.41, 5.74) is 1.37. The zero-order valence-electron chi connectivity index (χ0n) is 12.0. The zero-order valence-corrected chi connectivity index (χ0v) is 12.0. The van der Waals surface area contributed by atoms with Crippen molar-refractivity contribution in [3.8, 4) is 0 Å². The fraction of sp³-hybridized carbons (Fsp3) is 0.500. The van der Waals surface area contributed by atoms with Gasteiger partial charge in [0.15, 0.2) is 5.82 Å². The van der Waals surface area contributed by atoms with Gasteiger partial charge in [-0.25, -0.2) is 4.98 Å². The van der Waals surface area contributed by atoms with E-state index < -0.39 is 0 Å². The fourth-order valence-corrected chi connectivity index (χ4v) is 2.91. The summed E-state index contributed by atoms with van der Waals surface area (Å²) in [6, 6.07) is 11.0. The van der Waals surface area contributed by atoms with Crippen molar-refractivity contribution in [1.29, 1.82) is 0 Å². The number of hydrogen-bond donors (Lipinski definition) is 1. The first-order valence-corrected chi connectivity index (χ1v) is 7.56. The highest BCUT2D eigenvalue weighted by Crippen LogP contribution is 2.30. The highest BCUT2D eigenvalue weighted by Gasteiger charge is 2.27. The first-order chi connectivity index (χ1) is 9.86. The fourth-order valence-electron chi connectivity index (χ4n) is 2.91. The SMILES string of the molecule is CCc1nc([C@H]2CCCCN2Cc2ccccc2)n[nH]1. The first-order valence-electron chi connectivity index (χ1n) is 7.56. The highest BCUT2D eigenvalue weighted by atomic mass is 15.3. The maximum Gasteiger partial charge on any atom is 0.167 e. The van der Waals surface area contributed by atoms with Crippen LogP contribution < -0.4 is 0 Å². The Morgan fingerprint density at radius 1 is 1.25 bits per heavy atom. The van der Waals surface area contributed by atoms with Crippen molar-refractivity contribution in [1.82, 2.24) is 20.1 Å². The summed E-state index contributed by atoms with van der Waals surface area (Å²) in [5, 5.41) is 7.47. The lowest BCUT2D eigenvalue weighted by Crippen LogP contribution is -2.33. The van der Waals surface area contributed by atoms with Gasteiger partial charge in [0.1, 0.15) is 5.82 Å². The Morgan fingerprint density at radius 3 is 2.85 bits per heavy atom. The lowest BCUT2D eigenvalue weighted by Gasteiger charge is -2.34. The number of aryl methyl sites for hydroxylation is 1. The molecule has 0 radical (unpaired) electrons. The number of nitrogens with one attached hydrogen (secondary N) is 1. The predicted octanol–water partition coefficient (Wildman–Crippen LogP) is 3.09. The molecule has 0 spiro atoms. The molecule has 3 rings (SSSR count). The van der Waals surface area contributed by atoms with Gasteiger partial charge in [-0.2, -0.15) is 5.10 Å². The molecule has 1 fully saturated rings. The van der Waals surface area contributed by atoms with Crippen LogP contribution in [0, 0.1) is 0 Å². The number of H-pyrrole nitrogens is 1. The van der Waals surface area contributed by atoms with E-state index in [1.54, 1.807) is 0 Å². The second-order valence-corrected chi connectivity index (χ2v) is 5.46. The summed E-state index contributed by atoms with van der Waals surface area (Å²) >= 11 is 0. The topological polar surface area (TPSA) is 44.8 Å². The average molecular weight is 270 g/mol. The average Bonchev–Trinajstić information content (AvgIpc) is 2.98.